The maximum atomic E-state index is 11.2. The fourth-order valence-electron chi connectivity index (χ4n) is 2.08. The van der Waals surface area contributed by atoms with Crippen molar-refractivity contribution in [2.75, 3.05) is 6.61 Å². The van der Waals surface area contributed by atoms with Gasteiger partial charge in [-0.2, -0.15) is 0 Å². The summed E-state index contributed by atoms with van der Waals surface area (Å²) in [6.45, 7) is 1.99. The second-order valence-electron chi connectivity index (χ2n) is 5.14. The molecule has 0 aromatic heterocycles. The molecular formula is C12H22N2O8. The van der Waals surface area contributed by atoms with Crippen molar-refractivity contribution in [3.8, 4) is 0 Å². The molecule has 7 atom stereocenters. The highest BCUT2D eigenvalue weighted by atomic mass is 16.7. The molecule has 128 valence electrons. The first-order valence-electron chi connectivity index (χ1n) is 6.72. The summed E-state index contributed by atoms with van der Waals surface area (Å²) in [5.41, 5.74) is 5.42. The molecule has 0 aliphatic carbocycles. The summed E-state index contributed by atoms with van der Waals surface area (Å²) in [5, 5.41) is 40.2. The van der Waals surface area contributed by atoms with E-state index in [1.54, 1.807) is 0 Å². The summed E-state index contributed by atoms with van der Waals surface area (Å²) < 4.78 is 10.6. The van der Waals surface area contributed by atoms with Crippen LogP contribution in [0.4, 0.5) is 0 Å². The number of carboxylic acid groups (broad SMARTS) is 1. The third-order valence-corrected chi connectivity index (χ3v) is 3.39. The zero-order chi connectivity index (χ0) is 17.0. The number of hydrogen-bond acceptors (Lipinski definition) is 8. The van der Waals surface area contributed by atoms with E-state index in [4.69, 9.17) is 25.4 Å². The molecule has 22 heavy (non-hydrogen) atoms. The standard InChI is InChI=1S/C12H22N2O8/c1-4(7(13)11(19)20)21-12-8(14-5(2)16)10(18)9(17)6(3-15)22-12/h4,6-10,12,15,17-18H,3,13H2,1-2H3,(H,14,16)(H,19,20)/t4-,6-,7+,8-,9+,10-,12-/m1/s1. The van der Waals surface area contributed by atoms with E-state index >= 15 is 0 Å². The molecule has 1 aliphatic heterocycles. The number of ether oxygens (including phenoxy) is 2. The van der Waals surface area contributed by atoms with Crippen LogP contribution in [-0.4, -0.2) is 81.7 Å². The lowest BCUT2D eigenvalue weighted by atomic mass is 9.97. The number of amides is 1. The fraction of sp³-hybridized carbons (Fsp3) is 0.833. The minimum absolute atomic E-state index is 0.508. The SMILES string of the molecule is CC(=O)N[C@H]1[C@H](O[C@H](C)[C@H](N)C(=O)O)O[C@H](CO)[C@H](O)[C@@H]1O. The normalized spacial score (nSPS) is 34.7. The molecule has 10 nitrogen and oxygen atoms in total. The molecule has 1 fully saturated rings. The van der Waals surface area contributed by atoms with Gasteiger partial charge in [-0.3, -0.25) is 9.59 Å². The van der Waals surface area contributed by atoms with Crippen LogP contribution in [0.3, 0.4) is 0 Å². The fourth-order valence-corrected chi connectivity index (χ4v) is 2.08. The maximum Gasteiger partial charge on any atom is 0.323 e. The van der Waals surface area contributed by atoms with Crippen LogP contribution in [-0.2, 0) is 19.1 Å². The van der Waals surface area contributed by atoms with E-state index in [2.05, 4.69) is 5.32 Å². The summed E-state index contributed by atoms with van der Waals surface area (Å²) in [6.07, 6.45) is -6.32. The third-order valence-electron chi connectivity index (χ3n) is 3.39. The molecular weight excluding hydrogens is 300 g/mol. The van der Waals surface area contributed by atoms with E-state index in [0.717, 1.165) is 0 Å². The van der Waals surface area contributed by atoms with Crippen molar-refractivity contribution < 1.29 is 39.5 Å². The first-order valence-corrected chi connectivity index (χ1v) is 6.72. The molecule has 0 bridgehead atoms. The topological polar surface area (TPSA) is 172 Å². The van der Waals surface area contributed by atoms with E-state index in [1.165, 1.54) is 13.8 Å². The number of carbonyl (C=O) groups excluding carboxylic acids is 1. The van der Waals surface area contributed by atoms with Crippen molar-refractivity contribution in [2.45, 2.75) is 56.6 Å². The lowest BCUT2D eigenvalue weighted by Crippen LogP contribution is -2.65. The number of carboxylic acids is 1. The van der Waals surface area contributed by atoms with E-state index in [1.807, 2.05) is 0 Å². The lowest BCUT2D eigenvalue weighted by molar-refractivity contribution is -0.281. The second-order valence-corrected chi connectivity index (χ2v) is 5.14. The summed E-state index contributed by atoms with van der Waals surface area (Å²) in [6, 6.07) is -2.49. The minimum Gasteiger partial charge on any atom is -0.480 e. The van der Waals surface area contributed by atoms with Crippen LogP contribution in [0.25, 0.3) is 0 Å². The molecule has 0 saturated carbocycles. The number of nitrogens with two attached hydrogens (primary N) is 1. The number of rotatable bonds is 6. The summed E-state index contributed by atoms with van der Waals surface area (Å²) >= 11 is 0. The van der Waals surface area contributed by atoms with Gasteiger partial charge in [0.25, 0.3) is 0 Å². The van der Waals surface area contributed by atoms with Crippen LogP contribution in [0.2, 0.25) is 0 Å². The molecule has 1 rings (SSSR count). The molecule has 7 N–H and O–H groups in total. The van der Waals surface area contributed by atoms with Crippen molar-refractivity contribution in [3.05, 3.63) is 0 Å². The Morgan fingerprint density at radius 2 is 1.95 bits per heavy atom. The van der Waals surface area contributed by atoms with Crippen LogP contribution in [0.15, 0.2) is 0 Å². The molecule has 0 radical (unpaired) electrons. The number of aliphatic carboxylic acids is 1. The second kappa shape index (κ2) is 7.81. The van der Waals surface area contributed by atoms with Gasteiger partial charge in [0.05, 0.1) is 12.7 Å². The smallest absolute Gasteiger partial charge is 0.323 e. The quantitative estimate of drug-likeness (QED) is 0.293. The molecule has 0 unspecified atom stereocenters. The summed E-state index contributed by atoms with van der Waals surface area (Å²) in [5.74, 6) is -1.80. The van der Waals surface area contributed by atoms with Crippen molar-refractivity contribution in [1.29, 1.82) is 0 Å². The Morgan fingerprint density at radius 3 is 2.41 bits per heavy atom. The average Bonchev–Trinajstić information content (AvgIpc) is 2.45. The first-order chi connectivity index (χ1) is 10.2. The Kier molecular flexibility index (Phi) is 6.66. The first kappa shape index (κ1) is 18.7. The molecule has 1 aliphatic rings. The predicted molar refractivity (Wildman–Crippen MR) is 71.5 cm³/mol. The van der Waals surface area contributed by atoms with Gasteiger partial charge in [-0.25, -0.2) is 0 Å². The van der Waals surface area contributed by atoms with Gasteiger partial charge in [-0.05, 0) is 6.92 Å². The number of hydrogen-bond donors (Lipinski definition) is 6. The number of nitrogens with one attached hydrogen (secondary N) is 1. The zero-order valence-electron chi connectivity index (χ0n) is 12.2. The van der Waals surface area contributed by atoms with Gasteiger partial charge in [0.15, 0.2) is 6.29 Å². The van der Waals surface area contributed by atoms with Crippen LogP contribution in [0, 0.1) is 0 Å². The van der Waals surface area contributed by atoms with E-state index in [0.29, 0.717) is 0 Å². The van der Waals surface area contributed by atoms with Gasteiger partial charge < -0.3 is 41.0 Å². The molecule has 1 saturated heterocycles. The van der Waals surface area contributed by atoms with Crippen molar-refractivity contribution >= 4 is 11.9 Å². The zero-order valence-corrected chi connectivity index (χ0v) is 12.2. The van der Waals surface area contributed by atoms with Crippen LogP contribution < -0.4 is 11.1 Å². The number of aliphatic hydroxyl groups excluding tert-OH is 3. The highest BCUT2D eigenvalue weighted by Gasteiger charge is 2.46. The van der Waals surface area contributed by atoms with E-state index in [9.17, 15) is 19.8 Å². The molecule has 1 heterocycles. The molecule has 1 amide bonds. The van der Waals surface area contributed by atoms with E-state index < -0.39 is 61.3 Å². The average molecular weight is 322 g/mol. The number of carbonyl (C=O) groups is 2. The third kappa shape index (κ3) is 4.35. The van der Waals surface area contributed by atoms with Gasteiger partial charge in [-0.15, -0.1) is 0 Å². The highest BCUT2D eigenvalue weighted by Crippen LogP contribution is 2.23. The van der Waals surface area contributed by atoms with Crippen LogP contribution in [0.1, 0.15) is 13.8 Å². The Bertz CT molecular complexity index is 407. The van der Waals surface area contributed by atoms with Crippen molar-refractivity contribution in [2.24, 2.45) is 5.73 Å². The monoisotopic (exact) mass is 322 g/mol. The van der Waals surface area contributed by atoms with Gasteiger partial charge in [0, 0.05) is 6.92 Å². The van der Waals surface area contributed by atoms with Gasteiger partial charge in [-0.1, -0.05) is 0 Å². The van der Waals surface area contributed by atoms with E-state index in [-0.39, 0.29) is 0 Å². The van der Waals surface area contributed by atoms with Crippen molar-refractivity contribution in [1.82, 2.24) is 5.32 Å². The van der Waals surface area contributed by atoms with Crippen LogP contribution in [0.5, 0.6) is 0 Å². The minimum atomic E-state index is -1.46. The maximum absolute atomic E-state index is 11.2. The van der Waals surface area contributed by atoms with Crippen molar-refractivity contribution in [3.63, 3.8) is 0 Å². The molecule has 0 spiro atoms. The van der Waals surface area contributed by atoms with Gasteiger partial charge in [0.1, 0.15) is 30.4 Å². The van der Waals surface area contributed by atoms with Crippen LogP contribution >= 0.6 is 0 Å². The molecule has 0 aromatic rings. The Labute approximate surface area is 126 Å². The molecule has 10 heteroatoms. The largest absolute Gasteiger partial charge is 0.480 e. The Hall–Kier alpha value is -1.30. The lowest BCUT2D eigenvalue weighted by Gasteiger charge is -2.43. The predicted octanol–water partition coefficient (Wildman–Crippen LogP) is -3.25. The number of aliphatic hydroxyl groups is 3. The Morgan fingerprint density at radius 1 is 1.36 bits per heavy atom. The Balaban J connectivity index is 2.89. The molecule has 0 aromatic carbocycles. The van der Waals surface area contributed by atoms with Gasteiger partial charge >= 0.3 is 5.97 Å². The highest BCUT2D eigenvalue weighted by molar-refractivity contribution is 5.74. The summed E-state index contributed by atoms with van der Waals surface area (Å²) in [4.78, 5) is 22.0. The van der Waals surface area contributed by atoms with Gasteiger partial charge in [0.2, 0.25) is 5.91 Å². The summed E-state index contributed by atoms with van der Waals surface area (Å²) in [7, 11) is 0.